The zero-order valence-corrected chi connectivity index (χ0v) is 14.6. The fraction of sp³-hybridized carbons (Fsp3) is 0. The average molecular weight is 366 g/mol. The van der Waals surface area contributed by atoms with E-state index in [0.717, 1.165) is 0 Å². The highest BCUT2D eigenvalue weighted by atomic mass is 16.3. The summed E-state index contributed by atoms with van der Waals surface area (Å²) in [5.41, 5.74) is 2.81. The number of phenolic OH excluding ortho intramolecular Hbond substituents is 2. The molecular weight excluding hydrogens is 352 g/mol. The Morgan fingerprint density at radius 3 is 1.46 bits per heavy atom. The summed E-state index contributed by atoms with van der Waals surface area (Å²) in [6, 6.07) is 20.2. The lowest BCUT2D eigenvalue weighted by Crippen LogP contribution is -1.85. The molecule has 6 heteroatoms. The van der Waals surface area contributed by atoms with Crippen molar-refractivity contribution < 1.29 is 10.2 Å². The second-order valence-electron chi connectivity index (χ2n) is 5.78. The molecule has 0 spiro atoms. The molecule has 134 valence electrons. The molecule has 2 N–H and O–H groups in total. The van der Waals surface area contributed by atoms with E-state index in [9.17, 15) is 10.2 Å². The zero-order chi connectivity index (χ0) is 19.9. The van der Waals surface area contributed by atoms with Crippen LogP contribution in [0.25, 0.3) is 0 Å². The maximum Gasteiger partial charge on any atom is 0.125 e. The molecule has 3 aromatic carbocycles. The van der Waals surface area contributed by atoms with Gasteiger partial charge in [0.05, 0.1) is 34.6 Å². The van der Waals surface area contributed by atoms with E-state index in [2.05, 4.69) is 9.98 Å². The number of rotatable bonds is 4. The number of aromatic hydroxyl groups is 2. The highest BCUT2D eigenvalue weighted by molar-refractivity contribution is 5.89. The Balaban J connectivity index is 1.88. The number of benzene rings is 3. The van der Waals surface area contributed by atoms with Crippen molar-refractivity contribution in [3.05, 3.63) is 82.9 Å². The molecule has 28 heavy (non-hydrogen) atoms. The molecule has 0 radical (unpaired) electrons. The van der Waals surface area contributed by atoms with Gasteiger partial charge < -0.3 is 10.2 Å². The van der Waals surface area contributed by atoms with Gasteiger partial charge in [0.25, 0.3) is 0 Å². The molecule has 0 aliphatic carbocycles. The number of phenols is 2. The normalized spacial score (nSPS) is 10.8. The summed E-state index contributed by atoms with van der Waals surface area (Å²) in [6.45, 7) is 0. The highest BCUT2D eigenvalue weighted by Gasteiger charge is 2.03. The van der Waals surface area contributed by atoms with Crippen LogP contribution >= 0.6 is 0 Å². The molecule has 3 aromatic rings. The summed E-state index contributed by atoms with van der Waals surface area (Å²) < 4.78 is 0. The van der Waals surface area contributed by atoms with Gasteiger partial charge in [-0.1, -0.05) is 12.1 Å². The molecule has 3 rings (SSSR count). The second kappa shape index (κ2) is 8.31. The van der Waals surface area contributed by atoms with E-state index in [1.54, 1.807) is 36.4 Å². The fourth-order valence-electron chi connectivity index (χ4n) is 2.41. The molecular formula is C22H14N4O2. The van der Waals surface area contributed by atoms with Crippen molar-refractivity contribution in [1.82, 2.24) is 0 Å². The maximum atomic E-state index is 9.97. The summed E-state index contributed by atoms with van der Waals surface area (Å²) in [5.74, 6) is -0.0717. The van der Waals surface area contributed by atoms with Crippen molar-refractivity contribution in [2.75, 3.05) is 0 Å². The van der Waals surface area contributed by atoms with E-state index < -0.39 is 0 Å². The molecule has 0 bridgehead atoms. The third-order valence-electron chi connectivity index (χ3n) is 3.89. The molecule has 0 unspecified atom stereocenters. The molecule has 0 heterocycles. The van der Waals surface area contributed by atoms with Gasteiger partial charge in [-0.3, -0.25) is 9.98 Å². The zero-order valence-electron chi connectivity index (χ0n) is 14.6. The summed E-state index contributed by atoms with van der Waals surface area (Å²) in [4.78, 5) is 8.74. The number of para-hydroxylation sites is 2. The first-order valence-electron chi connectivity index (χ1n) is 8.24. The smallest absolute Gasteiger partial charge is 0.125 e. The minimum atomic E-state index is -0.0358. The molecule has 0 aliphatic heterocycles. The Hall–Kier alpha value is -4.42. The van der Waals surface area contributed by atoms with E-state index in [-0.39, 0.29) is 11.5 Å². The van der Waals surface area contributed by atoms with Crippen LogP contribution in [0.4, 0.5) is 11.4 Å². The molecule has 0 fully saturated rings. The Labute approximate surface area is 161 Å². The Morgan fingerprint density at radius 2 is 1.11 bits per heavy atom. The molecule has 0 atom stereocenters. The molecule has 0 amide bonds. The monoisotopic (exact) mass is 366 g/mol. The van der Waals surface area contributed by atoms with Gasteiger partial charge in [-0.05, 0) is 48.5 Å². The second-order valence-corrected chi connectivity index (χ2v) is 5.78. The van der Waals surface area contributed by atoms with Gasteiger partial charge in [-0.25, -0.2) is 0 Å². The van der Waals surface area contributed by atoms with E-state index in [1.807, 2.05) is 24.3 Å². The SMILES string of the molecule is N#Cc1ccc(C=Nc2ccccc2N=Cc2ccc(C#N)cc2O)c(O)c1. The Bertz CT molecular complexity index is 1080. The Morgan fingerprint density at radius 1 is 0.679 bits per heavy atom. The predicted molar refractivity (Wildman–Crippen MR) is 107 cm³/mol. The lowest BCUT2D eigenvalue weighted by atomic mass is 10.1. The molecule has 0 aliphatic rings. The first kappa shape index (κ1) is 18.4. The number of hydrogen-bond donors (Lipinski definition) is 2. The van der Waals surface area contributed by atoms with Crippen LogP contribution < -0.4 is 0 Å². The van der Waals surface area contributed by atoms with Gasteiger partial charge in [0.15, 0.2) is 0 Å². The molecule has 0 saturated heterocycles. The molecule has 0 saturated carbocycles. The topological polar surface area (TPSA) is 113 Å². The van der Waals surface area contributed by atoms with Crippen molar-refractivity contribution in [2.45, 2.75) is 0 Å². The summed E-state index contributed by atoms with van der Waals surface area (Å²) >= 11 is 0. The first-order chi connectivity index (χ1) is 13.6. The summed E-state index contributed by atoms with van der Waals surface area (Å²) in [5, 5.41) is 37.7. The number of hydrogen-bond acceptors (Lipinski definition) is 6. The fourth-order valence-corrected chi connectivity index (χ4v) is 2.41. The minimum absolute atomic E-state index is 0.0358. The molecule has 6 nitrogen and oxygen atoms in total. The van der Waals surface area contributed by atoms with Crippen LogP contribution in [0.1, 0.15) is 22.3 Å². The van der Waals surface area contributed by atoms with Gasteiger partial charge in [0.2, 0.25) is 0 Å². The lowest BCUT2D eigenvalue weighted by Gasteiger charge is -2.02. The largest absolute Gasteiger partial charge is 0.507 e. The van der Waals surface area contributed by atoms with Crippen molar-refractivity contribution in [3.8, 4) is 23.6 Å². The van der Waals surface area contributed by atoms with Crippen LogP contribution in [-0.4, -0.2) is 22.6 Å². The lowest BCUT2D eigenvalue weighted by molar-refractivity contribution is 0.473. The van der Waals surface area contributed by atoms with Gasteiger partial charge in [0, 0.05) is 23.6 Å². The third kappa shape index (κ3) is 4.21. The van der Waals surface area contributed by atoms with E-state index >= 15 is 0 Å². The minimum Gasteiger partial charge on any atom is -0.507 e. The van der Waals surface area contributed by atoms with Gasteiger partial charge >= 0.3 is 0 Å². The Kier molecular flexibility index (Phi) is 5.45. The maximum absolute atomic E-state index is 9.97. The number of nitrogens with zero attached hydrogens (tertiary/aromatic N) is 4. The number of nitriles is 2. The van der Waals surface area contributed by atoms with E-state index in [0.29, 0.717) is 33.6 Å². The van der Waals surface area contributed by atoms with Gasteiger partial charge in [-0.2, -0.15) is 10.5 Å². The summed E-state index contributed by atoms with van der Waals surface area (Å²) in [7, 11) is 0. The van der Waals surface area contributed by atoms with E-state index in [4.69, 9.17) is 10.5 Å². The van der Waals surface area contributed by atoms with Gasteiger partial charge in [-0.15, -0.1) is 0 Å². The van der Waals surface area contributed by atoms with Crippen molar-refractivity contribution in [2.24, 2.45) is 9.98 Å². The van der Waals surface area contributed by atoms with Crippen molar-refractivity contribution in [1.29, 1.82) is 10.5 Å². The summed E-state index contributed by atoms with van der Waals surface area (Å²) in [6.07, 6.45) is 2.98. The van der Waals surface area contributed by atoms with Crippen LogP contribution in [-0.2, 0) is 0 Å². The predicted octanol–water partition coefficient (Wildman–Crippen LogP) is 4.34. The van der Waals surface area contributed by atoms with Crippen LogP contribution in [0, 0.1) is 22.7 Å². The van der Waals surface area contributed by atoms with Crippen LogP contribution in [0.5, 0.6) is 11.5 Å². The van der Waals surface area contributed by atoms with Crippen LogP contribution in [0.3, 0.4) is 0 Å². The van der Waals surface area contributed by atoms with Crippen LogP contribution in [0.2, 0.25) is 0 Å². The van der Waals surface area contributed by atoms with Crippen LogP contribution in [0.15, 0.2) is 70.6 Å². The molecule has 0 aromatic heterocycles. The average Bonchev–Trinajstić information content (AvgIpc) is 2.72. The van der Waals surface area contributed by atoms with Gasteiger partial charge in [0.1, 0.15) is 11.5 Å². The standard InChI is InChI=1S/C22H14N4O2/c23-11-15-5-7-17(21(27)9-15)13-25-19-3-1-2-4-20(19)26-14-18-8-6-16(12-24)10-22(18)28/h1-10,13-14,27-28H. The van der Waals surface area contributed by atoms with E-state index in [1.165, 1.54) is 24.6 Å². The third-order valence-corrected chi connectivity index (χ3v) is 3.89. The number of aliphatic imine (C=N–C) groups is 2. The first-order valence-corrected chi connectivity index (χ1v) is 8.24. The van der Waals surface area contributed by atoms with Crippen molar-refractivity contribution >= 4 is 23.8 Å². The highest BCUT2D eigenvalue weighted by Crippen LogP contribution is 2.28. The van der Waals surface area contributed by atoms with Crippen molar-refractivity contribution in [3.63, 3.8) is 0 Å². The quantitative estimate of drug-likeness (QED) is 0.669.